The molecule has 17 heavy (non-hydrogen) atoms. The number of hydrogen-bond donors (Lipinski definition) is 1. The molecular weight excluding hydrogens is 238 g/mol. The molecule has 0 saturated heterocycles. The van der Waals surface area contributed by atoms with Crippen molar-refractivity contribution in [3.05, 3.63) is 5.82 Å². The van der Waals surface area contributed by atoms with Gasteiger partial charge in [0.15, 0.2) is 5.16 Å². The molecule has 1 fully saturated rings. The standard InChI is InChI=1S/C11H17N3O2S/c1-3-9-12-13-11(17-6-10(15)16)14(9)8-4-7(2)5-8/h7-8H,3-6H2,1-2H3,(H,15,16). The predicted octanol–water partition coefficient (Wildman–Crippen LogP) is 1.99. The molecule has 0 aliphatic heterocycles. The van der Waals surface area contributed by atoms with Crippen LogP contribution in [0.25, 0.3) is 0 Å². The van der Waals surface area contributed by atoms with E-state index in [1.165, 1.54) is 11.8 Å². The van der Waals surface area contributed by atoms with Crippen LogP contribution in [0.15, 0.2) is 5.16 Å². The third kappa shape index (κ3) is 2.62. The first kappa shape index (κ1) is 12.4. The number of carboxylic acids is 1. The molecule has 0 aromatic carbocycles. The first-order valence-electron chi connectivity index (χ1n) is 5.90. The van der Waals surface area contributed by atoms with Crippen molar-refractivity contribution in [1.29, 1.82) is 0 Å². The fourth-order valence-corrected chi connectivity index (χ4v) is 2.96. The summed E-state index contributed by atoms with van der Waals surface area (Å²) in [4.78, 5) is 10.6. The Morgan fingerprint density at radius 3 is 2.76 bits per heavy atom. The van der Waals surface area contributed by atoms with Crippen LogP contribution in [0.2, 0.25) is 0 Å². The van der Waals surface area contributed by atoms with Crippen LogP contribution in [-0.4, -0.2) is 31.6 Å². The zero-order valence-electron chi connectivity index (χ0n) is 10.1. The summed E-state index contributed by atoms with van der Waals surface area (Å²) in [6.45, 7) is 4.28. The number of hydrogen-bond acceptors (Lipinski definition) is 4. The van der Waals surface area contributed by atoms with Gasteiger partial charge in [-0.05, 0) is 18.8 Å². The Bertz CT molecular complexity index is 413. The maximum Gasteiger partial charge on any atom is 0.313 e. The second-order valence-corrected chi connectivity index (χ2v) is 5.48. The lowest BCUT2D eigenvalue weighted by molar-refractivity contribution is -0.133. The zero-order valence-corrected chi connectivity index (χ0v) is 10.9. The predicted molar refractivity (Wildman–Crippen MR) is 65.2 cm³/mol. The van der Waals surface area contributed by atoms with E-state index in [2.05, 4.69) is 21.7 Å². The van der Waals surface area contributed by atoms with Crippen LogP contribution in [0.4, 0.5) is 0 Å². The first-order chi connectivity index (χ1) is 8.11. The largest absolute Gasteiger partial charge is 0.481 e. The fraction of sp³-hybridized carbons (Fsp3) is 0.727. The lowest BCUT2D eigenvalue weighted by atomic mass is 9.81. The van der Waals surface area contributed by atoms with Gasteiger partial charge in [-0.15, -0.1) is 10.2 Å². The van der Waals surface area contributed by atoms with Gasteiger partial charge in [0.25, 0.3) is 0 Å². The molecule has 0 unspecified atom stereocenters. The van der Waals surface area contributed by atoms with Gasteiger partial charge in [0.05, 0.1) is 5.75 Å². The summed E-state index contributed by atoms with van der Waals surface area (Å²) in [7, 11) is 0. The van der Waals surface area contributed by atoms with Crippen LogP contribution in [0.1, 0.15) is 38.6 Å². The topological polar surface area (TPSA) is 68.0 Å². The molecule has 6 heteroatoms. The Balaban J connectivity index is 2.14. The van der Waals surface area contributed by atoms with Crippen LogP contribution in [0, 0.1) is 5.92 Å². The Morgan fingerprint density at radius 2 is 2.24 bits per heavy atom. The van der Waals surface area contributed by atoms with Crippen LogP contribution >= 0.6 is 11.8 Å². The lowest BCUT2D eigenvalue weighted by Gasteiger charge is -2.35. The van der Waals surface area contributed by atoms with Crippen molar-refractivity contribution in [1.82, 2.24) is 14.8 Å². The first-order valence-corrected chi connectivity index (χ1v) is 6.88. The third-order valence-electron chi connectivity index (χ3n) is 3.09. The highest BCUT2D eigenvalue weighted by Gasteiger charge is 2.30. The smallest absolute Gasteiger partial charge is 0.313 e. The number of aromatic nitrogens is 3. The maximum atomic E-state index is 10.6. The average Bonchev–Trinajstić information content (AvgIpc) is 2.64. The molecule has 0 atom stereocenters. The summed E-state index contributed by atoms with van der Waals surface area (Å²) in [5.41, 5.74) is 0. The minimum absolute atomic E-state index is 0.0458. The van der Waals surface area contributed by atoms with Gasteiger partial charge < -0.3 is 9.67 Å². The van der Waals surface area contributed by atoms with Gasteiger partial charge in [-0.25, -0.2) is 0 Å². The normalized spacial score (nSPS) is 23.4. The van der Waals surface area contributed by atoms with Gasteiger partial charge in [0, 0.05) is 12.5 Å². The molecule has 1 aromatic rings. The summed E-state index contributed by atoms with van der Waals surface area (Å²) in [6, 6.07) is 0.464. The molecule has 0 radical (unpaired) electrons. The monoisotopic (exact) mass is 255 g/mol. The van der Waals surface area contributed by atoms with Crippen molar-refractivity contribution in [3.63, 3.8) is 0 Å². The van der Waals surface area contributed by atoms with E-state index in [1.54, 1.807) is 0 Å². The van der Waals surface area contributed by atoms with Crippen molar-refractivity contribution in [2.75, 3.05) is 5.75 Å². The molecule has 1 aliphatic rings. The Kier molecular flexibility index (Phi) is 3.71. The molecule has 0 bridgehead atoms. The number of thioether (sulfide) groups is 1. The highest BCUT2D eigenvalue weighted by molar-refractivity contribution is 7.99. The Morgan fingerprint density at radius 1 is 1.53 bits per heavy atom. The fourth-order valence-electron chi connectivity index (χ4n) is 2.21. The second kappa shape index (κ2) is 5.08. The van der Waals surface area contributed by atoms with Crippen molar-refractivity contribution in [3.8, 4) is 0 Å². The third-order valence-corrected chi connectivity index (χ3v) is 4.02. The summed E-state index contributed by atoms with van der Waals surface area (Å²) >= 11 is 1.26. The van der Waals surface area contributed by atoms with Crippen LogP contribution in [0.3, 0.4) is 0 Å². The quantitative estimate of drug-likeness (QED) is 0.815. The van der Waals surface area contributed by atoms with Gasteiger partial charge in [-0.1, -0.05) is 25.6 Å². The molecule has 5 nitrogen and oxygen atoms in total. The van der Waals surface area contributed by atoms with E-state index in [0.717, 1.165) is 36.2 Å². The molecule has 0 amide bonds. The highest BCUT2D eigenvalue weighted by atomic mass is 32.2. The summed E-state index contributed by atoms with van der Waals surface area (Å²) < 4.78 is 2.13. The molecule has 1 aliphatic carbocycles. The molecule has 1 saturated carbocycles. The van der Waals surface area contributed by atoms with Crippen molar-refractivity contribution in [2.24, 2.45) is 5.92 Å². The van der Waals surface area contributed by atoms with E-state index in [0.29, 0.717) is 6.04 Å². The van der Waals surface area contributed by atoms with Crippen molar-refractivity contribution in [2.45, 2.75) is 44.3 Å². The number of aryl methyl sites for hydroxylation is 1. The van der Waals surface area contributed by atoms with Crippen molar-refractivity contribution >= 4 is 17.7 Å². The van der Waals surface area contributed by atoms with E-state index in [4.69, 9.17) is 5.11 Å². The highest BCUT2D eigenvalue weighted by Crippen LogP contribution is 2.40. The molecule has 1 heterocycles. The Hall–Kier alpha value is -1.04. The van der Waals surface area contributed by atoms with Gasteiger partial charge >= 0.3 is 5.97 Å². The minimum atomic E-state index is -0.815. The van der Waals surface area contributed by atoms with E-state index in [-0.39, 0.29) is 5.75 Å². The summed E-state index contributed by atoms with van der Waals surface area (Å²) in [5, 5.41) is 17.7. The summed E-state index contributed by atoms with van der Waals surface area (Å²) in [5.74, 6) is 0.952. The van der Waals surface area contributed by atoms with Gasteiger partial charge in [-0.3, -0.25) is 4.79 Å². The zero-order chi connectivity index (χ0) is 12.4. The van der Waals surface area contributed by atoms with Crippen molar-refractivity contribution < 1.29 is 9.90 Å². The van der Waals surface area contributed by atoms with Gasteiger partial charge in [-0.2, -0.15) is 0 Å². The number of carbonyl (C=O) groups is 1. The molecular formula is C11H17N3O2S. The molecule has 94 valence electrons. The van der Waals surface area contributed by atoms with Crippen LogP contribution < -0.4 is 0 Å². The SMILES string of the molecule is CCc1nnc(SCC(=O)O)n1C1CC(C)C1. The van der Waals surface area contributed by atoms with E-state index in [9.17, 15) is 4.79 Å². The maximum absolute atomic E-state index is 10.6. The van der Waals surface area contributed by atoms with Crippen LogP contribution in [0.5, 0.6) is 0 Å². The van der Waals surface area contributed by atoms with Gasteiger partial charge in [0.1, 0.15) is 5.82 Å². The number of nitrogens with zero attached hydrogens (tertiary/aromatic N) is 3. The van der Waals surface area contributed by atoms with E-state index in [1.807, 2.05) is 6.92 Å². The number of carboxylic acid groups (broad SMARTS) is 1. The molecule has 0 spiro atoms. The Labute approximate surface area is 105 Å². The van der Waals surface area contributed by atoms with E-state index < -0.39 is 5.97 Å². The molecule has 1 N–H and O–H groups in total. The van der Waals surface area contributed by atoms with Crippen LogP contribution in [-0.2, 0) is 11.2 Å². The summed E-state index contributed by atoms with van der Waals surface area (Å²) in [6.07, 6.45) is 3.13. The molecule has 1 aromatic heterocycles. The second-order valence-electron chi connectivity index (χ2n) is 4.54. The number of aliphatic carboxylic acids is 1. The lowest BCUT2D eigenvalue weighted by Crippen LogP contribution is -2.26. The minimum Gasteiger partial charge on any atom is -0.481 e. The average molecular weight is 255 g/mol. The number of rotatable bonds is 5. The molecule has 2 rings (SSSR count). The van der Waals surface area contributed by atoms with E-state index >= 15 is 0 Å². The van der Waals surface area contributed by atoms with Gasteiger partial charge in [0.2, 0.25) is 0 Å².